The minimum Gasteiger partial charge on any atom is -0.503 e. The predicted molar refractivity (Wildman–Crippen MR) is 139 cm³/mol. The van der Waals surface area contributed by atoms with Gasteiger partial charge in [0.15, 0.2) is 11.4 Å². The maximum Gasteiger partial charge on any atom is 0.278 e. The number of aromatic nitrogens is 1. The lowest BCUT2D eigenvalue weighted by Crippen LogP contribution is -2.45. The molecule has 0 bridgehead atoms. The van der Waals surface area contributed by atoms with E-state index in [1.54, 1.807) is 17.9 Å². The Bertz CT molecular complexity index is 1300. The Morgan fingerprint density at radius 3 is 2.63 bits per heavy atom. The number of rotatable bonds is 8. The minimum absolute atomic E-state index is 0.0381. The normalized spacial score (nSPS) is 17.9. The lowest BCUT2D eigenvalue weighted by atomic mass is 9.95. The molecule has 2 heterocycles. The van der Waals surface area contributed by atoms with E-state index in [0.29, 0.717) is 24.4 Å². The van der Waals surface area contributed by atoms with E-state index in [4.69, 9.17) is 0 Å². The number of halogens is 2. The van der Waals surface area contributed by atoms with Crippen molar-refractivity contribution < 1.29 is 23.5 Å². The zero-order chi connectivity index (χ0) is 27.4. The van der Waals surface area contributed by atoms with E-state index < -0.39 is 34.6 Å². The van der Waals surface area contributed by atoms with Crippen LogP contribution < -0.4 is 16.1 Å². The SMILES string of the molecule is C/C=C1\Cn2cc(C(=O)NCc3ccc(F)cc3F)c(=O)c(O)c2C(=O)N1C[C@H](C)CNC1CCCCC1. The Hall–Kier alpha value is -3.53. The Morgan fingerprint density at radius 2 is 1.95 bits per heavy atom. The molecule has 1 aliphatic heterocycles. The summed E-state index contributed by atoms with van der Waals surface area (Å²) < 4.78 is 28.4. The zero-order valence-corrected chi connectivity index (χ0v) is 21.7. The van der Waals surface area contributed by atoms with Crippen molar-refractivity contribution in [1.29, 1.82) is 0 Å². The summed E-state index contributed by atoms with van der Waals surface area (Å²) >= 11 is 0. The third-order valence-corrected chi connectivity index (χ3v) is 7.27. The highest BCUT2D eigenvalue weighted by Gasteiger charge is 2.34. The molecule has 1 fully saturated rings. The van der Waals surface area contributed by atoms with Crippen LogP contribution in [0.3, 0.4) is 0 Å². The highest BCUT2D eigenvalue weighted by atomic mass is 19.1. The van der Waals surface area contributed by atoms with Gasteiger partial charge in [0.1, 0.15) is 17.2 Å². The number of nitrogens with zero attached hydrogens (tertiary/aromatic N) is 2. The van der Waals surface area contributed by atoms with Gasteiger partial charge in [0.2, 0.25) is 5.43 Å². The van der Waals surface area contributed by atoms with Gasteiger partial charge in [-0.15, -0.1) is 0 Å². The molecule has 8 nitrogen and oxygen atoms in total. The number of carbonyl (C=O) groups excluding carboxylic acids is 2. The van der Waals surface area contributed by atoms with E-state index in [2.05, 4.69) is 17.6 Å². The standard InChI is InChI=1S/C28H34F2N4O4/c1-3-21-15-33-16-22(27(37)32-13-18-9-10-19(29)11-23(18)30)25(35)26(36)24(33)28(38)34(21)14-17(2)12-31-20-7-5-4-6-8-20/h3,9-11,16-17,20,31,36H,4-8,12-15H2,1-2H3,(H,32,37)/b21-3+/t17-/m1/s1. The average molecular weight is 529 g/mol. The van der Waals surface area contributed by atoms with E-state index in [9.17, 15) is 28.3 Å². The summed E-state index contributed by atoms with van der Waals surface area (Å²) in [4.78, 5) is 40.6. The number of allylic oxidation sites excluding steroid dienone is 2. The topological polar surface area (TPSA) is 104 Å². The van der Waals surface area contributed by atoms with Crippen LogP contribution in [0.2, 0.25) is 0 Å². The van der Waals surface area contributed by atoms with Gasteiger partial charge >= 0.3 is 0 Å². The quantitative estimate of drug-likeness (QED) is 0.485. The van der Waals surface area contributed by atoms with Crippen LogP contribution in [0.25, 0.3) is 0 Å². The highest BCUT2D eigenvalue weighted by molar-refractivity contribution is 5.99. The molecular formula is C28H34F2N4O4. The number of benzene rings is 1. The second kappa shape index (κ2) is 11.9. The predicted octanol–water partition coefficient (Wildman–Crippen LogP) is 3.68. The van der Waals surface area contributed by atoms with Crippen molar-refractivity contribution in [3.05, 3.63) is 74.8 Å². The van der Waals surface area contributed by atoms with E-state index in [1.165, 1.54) is 36.1 Å². The Kier molecular flexibility index (Phi) is 8.61. The third-order valence-electron chi connectivity index (χ3n) is 7.27. The van der Waals surface area contributed by atoms with E-state index >= 15 is 0 Å². The van der Waals surface area contributed by atoms with Gasteiger partial charge in [-0.3, -0.25) is 14.4 Å². The summed E-state index contributed by atoms with van der Waals surface area (Å²) in [6.07, 6.45) is 9.09. The lowest BCUT2D eigenvalue weighted by molar-refractivity contribution is 0.0735. The van der Waals surface area contributed by atoms with Crippen LogP contribution in [0.15, 0.2) is 41.0 Å². The van der Waals surface area contributed by atoms with E-state index in [0.717, 1.165) is 25.5 Å². The molecule has 1 saturated carbocycles. The first kappa shape index (κ1) is 27.5. The van der Waals surface area contributed by atoms with Gasteiger partial charge < -0.3 is 25.2 Å². The number of amides is 2. The van der Waals surface area contributed by atoms with E-state index in [1.807, 2.05) is 0 Å². The summed E-state index contributed by atoms with van der Waals surface area (Å²) in [6, 6.07) is 3.45. The first-order valence-electron chi connectivity index (χ1n) is 13.1. The van der Waals surface area contributed by atoms with Gasteiger partial charge in [-0.1, -0.05) is 38.3 Å². The maximum absolute atomic E-state index is 13.9. The number of hydrogen-bond acceptors (Lipinski definition) is 5. The third kappa shape index (κ3) is 5.96. The number of pyridine rings is 1. The minimum atomic E-state index is -0.988. The molecule has 1 atom stereocenters. The monoisotopic (exact) mass is 528 g/mol. The number of hydrogen-bond donors (Lipinski definition) is 3. The number of nitrogens with one attached hydrogen (secondary N) is 2. The lowest BCUT2D eigenvalue weighted by Gasteiger charge is -2.35. The Balaban J connectivity index is 1.49. The summed E-state index contributed by atoms with van der Waals surface area (Å²) in [5.74, 6) is -3.60. The van der Waals surface area contributed by atoms with Crippen LogP contribution in [-0.2, 0) is 13.1 Å². The van der Waals surface area contributed by atoms with Gasteiger partial charge in [-0.05, 0) is 38.3 Å². The molecule has 0 unspecified atom stereocenters. The molecule has 1 aromatic carbocycles. The molecule has 0 spiro atoms. The van der Waals surface area contributed by atoms with Gasteiger partial charge in [0, 0.05) is 42.7 Å². The van der Waals surface area contributed by atoms with Gasteiger partial charge in [0.25, 0.3) is 11.8 Å². The molecule has 0 saturated heterocycles. The van der Waals surface area contributed by atoms with Crippen molar-refractivity contribution in [1.82, 2.24) is 20.1 Å². The van der Waals surface area contributed by atoms with Gasteiger partial charge in [0.05, 0.1) is 6.54 Å². The van der Waals surface area contributed by atoms with Crippen molar-refractivity contribution in [2.45, 2.75) is 65.1 Å². The molecule has 2 aromatic rings. The van der Waals surface area contributed by atoms with Crippen molar-refractivity contribution in [3.63, 3.8) is 0 Å². The van der Waals surface area contributed by atoms with Crippen LogP contribution in [0.5, 0.6) is 5.75 Å². The van der Waals surface area contributed by atoms with Crippen LogP contribution in [0.4, 0.5) is 8.78 Å². The molecule has 4 rings (SSSR count). The summed E-state index contributed by atoms with van der Waals surface area (Å²) in [7, 11) is 0. The van der Waals surface area contributed by atoms with Crippen LogP contribution in [0, 0.1) is 17.6 Å². The highest BCUT2D eigenvalue weighted by Crippen LogP contribution is 2.27. The van der Waals surface area contributed by atoms with Gasteiger partial charge in [-0.2, -0.15) is 0 Å². The van der Waals surface area contributed by atoms with Crippen molar-refractivity contribution in [2.75, 3.05) is 13.1 Å². The van der Waals surface area contributed by atoms with E-state index in [-0.39, 0.29) is 35.8 Å². The molecule has 1 aliphatic carbocycles. The molecular weight excluding hydrogens is 494 g/mol. The first-order chi connectivity index (χ1) is 18.2. The number of carbonyl (C=O) groups is 2. The summed E-state index contributed by atoms with van der Waals surface area (Å²) in [5, 5.41) is 16.7. The second-order valence-electron chi connectivity index (χ2n) is 10.2. The Morgan fingerprint density at radius 1 is 1.21 bits per heavy atom. The molecule has 2 aliphatic rings. The fourth-order valence-corrected chi connectivity index (χ4v) is 5.11. The first-order valence-corrected chi connectivity index (χ1v) is 13.1. The molecule has 38 heavy (non-hydrogen) atoms. The van der Waals surface area contributed by atoms with Crippen molar-refractivity contribution in [2.24, 2.45) is 5.92 Å². The number of fused-ring (bicyclic) bond motifs is 1. The summed E-state index contributed by atoms with van der Waals surface area (Å²) in [5.41, 5.74) is -0.812. The van der Waals surface area contributed by atoms with Crippen LogP contribution in [-0.4, -0.2) is 45.5 Å². The molecule has 3 N–H and O–H groups in total. The fraction of sp³-hybridized carbons (Fsp3) is 0.464. The van der Waals surface area contributed by atoms with Crippen molar-refractivity contribution >= 4 is 11.8 Å². The second-order valence-corrected chi connectivity index (χ2v) is 10.2. The average Bonchev–Trinajstić information content (AvgIpc) is 2.90. The molecule has 1 aromatic heterocycles. The van der Waals surface area contributed by atoms with Crippen LogP contribution in [0.1, 0.15) is 72.4 Å². The fourth-order valence-electron chi connectivity index (χ4n) is 5.11. The van der Waals surface area contributed by atoms with Gasteiger partial charge in [-0.25, -0.2) is 8.78 Å². The molecule has 0 radical (unpaired) electrons. The zero-order valence-electron chi connectivity index (χ0n) is 21.7. The largest absolute Gasteiger partial charge is 0.503 e. The summed E-state index contributed by atoms with van der Waals surface area (Å²) in [6.45, 7) is 4.91. The van der Waals surface area contributed by atoms with Crippen LogP contribution >= 0.6 is 0 Å². The maximum atomic E-state index is 13.9. The molecule has 2 amide bonds. The smallest absolute Gasteiger partial charge is 0.278 e. The molecule has 204 valence electrons. The molecule has 10 heteroatoms. The number of aromatic hydroxyl groups is 1. The van der Waals surface area contributed by atoms with Crippen molar-refractivity contribution in [3.8, 4) is 5.75 Å². The Labute approximate surface area is 220 Å².